The first-order valence-electron chi connectivity index (χ1n) is 6.05. The summed E-state index contributed by atoms with van der Waals surface area (Å²) in [5.41, 5.74) is 5.91. The zero-order valence-corrected chi connectivity index (χ0v) is 10.8. The summed E-state index contributed by atoms with van der Waals surface area (Å²) >= 11 is 0. The summed E-state index contributed by atoms with van der Waals surface area (Å²) in [6, 6.07) is 0. The van der Waals surface area contributed by atoms with E-state index in [1.165, 1.54) is 22.0 Å². The van der Waals surface area contributed by atoms with Crippen molar-refractivity contribution in [3.8, 4) is 0 Å². The first-order valence-corrected chi connectivity index (χ1v) is 6.05. The van der Waals surface area contributed by atoms with Crippen molar-refractivity contribution in [2.45, 2.75) is 32.2 Å². The summed E-state index contributed by atoms with van der Waals surface area (Å²) in [6.07, 6.45) is -1.64. The molecule has 19 heavy (non-hydrogen) atoms. The first kappa shape index (κ1) is 15.8. The fourth-order valence-electron chi connectivity index (χ4n) is 1.86. The maximum absolute atomic E-state index is 12.4. The molecule has 3 N–H and O–H groups in total. The Balaban J connectivity index is 2.48. The van der Waals surface area contributed by atoms with E-state index in [0.29, 0.717) is 12.1 Å². The maximum Gasteiger partial charge on any atom is 0.401 e. The number of alkyl halides is 3. The van der Waals surface area contributed by atoms with E-state index in [2.05, 4.69) is 5.10 Å². The van der Waals surface area contributed by atoms with Gasteiger partial charge in [0.05, 0.1) is 31.1 Å². The molecule has 0 spiro atoms. The molecule has 0 aromatic carbocycles. The lowest BCUT2D eigenvalue weighted by atomic mass is 10.3. The lowest BCUT2D eigenvalue weighted by Gasteiger charge is -2.25. The van der Waals surface area contributed by atoms with Gasteiger partial charge in [-0.05, 0) is 13.0 Å². The minimum Gasteiger partial charge on any atom is -0.396 e. The molecule has 110 valence electrons. The smallest absolute Gasteiger partial charge is 0.396 e. The second kappa shape index (κ2) is 6.76. The number of hydrogen-bond acceptors (Lipinski definition) is 4. The average molecular weight is 280 g/mol. The van der Waals surface area contributed by atoms with Gasteiger partial charge in [-0.25, -0.2) is 0 Å². The Labute approximate surface area is 109 Å². The summed E-state index contributed by atoms with van der Waals surface area (Å²) in [5, 5.41) is 13.7. The van der Waals surface area contributed by atoms with Crippen LogP contribution >= 0.6 is 0 Å². The highest BCUT2D eigenvalue weighted by atomic mass is 19.4. The molecule has 0 aliphatic carbocycles. The van der Waals surface area contributed by atoms with Gasteiger partial charge in [0, 0.05) is 12.7 Å². The molecule has 0 saturated carbocycles. The molecule has 8 heteroatoms. The summed E-state index contributed by atoms with van der Waals surface area (Å²) in [7, 11) is 0. The van der Waals surface area contributed by atoms with E-state index >= 15 is 0 Å². The van der Waals surface area contributed by atoms with Crippen LogP contribution in [0.5, 0.6) is 0 Å². The third kappa shape index (κ3) is 6.44. The fraction of sp³-hybridized carbons (Fsp3) is 0.727. The highest BCUT2D eigenvalue weighted by molar-refractivity contribution is 5.30. The van der Waals surface area contributed by atoms with Crippen molar-refractivity contribution < 1.29 is 18.3 Å². The highest BCUT2D eigenvalue weighted by Gasteiger charge is 2.31. The molecule has 0 aliphatic heterocycles. The standard InChI is InChI=1S/C11H19F3N4O/c1-2-3-17(8-11(12,13)14)6-10(19)7-18-5-9(15)4-16-18/h4-5,10,19H,2-3,6-8,15H2,1H3. The van der Waals surface area contributed by atoms with Gasteiger partial charge < -0.3 is 10.8 Å². The van der Waals surface area contributed by atoms with Crippen molar-refractivity contribution in [2.24, 2.45) is 0 Å². The number of nitrogens with two attached hydrogens (primary N) is 1. The Morgan fingerprint density at radius 3 is 2.68 bits per heavy atom. The molecular weight excluding hydrogens is 261 g/mol. The molecule has 0 aliphatic rings. The highest BCUT2D eigenvalue weighted by Crippen LogP contribution is 2.17. The van der Waals surface area contributed by atoms with Crippen LogP contribution in [-0.2, 0) is 6.54 Å². The van der Waals surface area contributed by atoms with Crippen molar-refractivity contribution in [3.05, 3.63) is 12.4 Å². The minimum absolute atomic E-state index is 0.0485. The third-order valence-electron chi connectivity index (χ3n) is 2.46. The second-order valence-corrected chi connectivity index (χ2v) is 4.50. The maximum atomic E-state index is 12.4. The minimum atomic E-state index is -4.26. The Hall–Kier alpha value is -1.28. The van der Waals surface area contributed by atoms with Gasteiger partial charge in [-0.1, -0.05) is 6.92 Å². The number of nitrogens with zero attached hydrogens (tertiary/aromatic N) is 3. The second-order valence-electron chi connectivity index (χ2n) is 4.50. The molecule has 0 amide bonds. The van der Waals surface area contributed by atoms with Crippen molar-refractivity contribution in [1.29, 1.82) is 0 Å². The first-order chi connectivity index (χ1) is 8.80. The number of aliphatic hydroxyl groups is 1. The fourth-order valence-corrected chi connectivity index (χ4v) is 1.86. The zero-order chi connectivity index (χ0) is 14.5. The van der Waals surface area contributed by atoms with Crippen LogP contribution in [-0.4, -0.2) is 51.7 Å². The van der Waals surface area contributed by atoms with Gasteiger partial charge in [0.2, 0.25) is 0 Å². The van der Waals surface area contributed by atoms with Crippen LogP contribution in [0.2, 0.25) is 0 Å². The van der Waals surface area contributed by atoms with Gasteiger partial charge in [-0.3, -0.25) is 9.58 Å². The normalized spacial score (nSPS) is 14.0. The quantitative estimate of drug-likeness (QED) is 0.785. The molecule has 0 saturated heterocycles. The average Bonchev–Trinajstić information content (AvgIpc) is 2.61. The van der Waals surface area contributed by atoms with Gasteiger partial charge in [0.25, 0.3) is 0 Å². The third-order valence-corrected chi connectivity index (χ3v) is 2.46. The zero-order valence-electron chi connectivity index (χ0n) is 10.8. The number of rotatable bonds is 7. The molecule has 1 unspecified atom stereocenters. The summed E-state index contributed by atoms with van der Waals surface area (Å²) in [5.74, 6) is 0. The Morgan fingerprint density at radius 2 is 2.21 bits per heavy atom. The van der Waals surface area contributed by atoms with Gasteiger partial charge in [0.15, 0.2) is 0 Å². The van der Waals surface area contributed by atoms with Gasteiger partial charge in [-0.2, -0.15) is 18.3 Å². The molecule has 0 bridgehead atoms. The molecular formula is C11H19F3N4O. The van der Waals surface area contributed by atoms with E-state index in [1.807, 2.05) is 0 Å². The van der Waals surface area contributed by atoms with E-state index in [1.54, 1.807) is 6.92 Å². The number of hydrogen-bond donors (Lipinski definition) is 2. The number of anilines is 1. The predicted molar refractivity (Wildman–Crippen MR) is 65.4 cm³/mol. The number of halogens is 3. The molecule has 1 aromatic heterocycles. The van der Waals surface area contributed by atoms with Gasteiger partial charge >= 0.3 is 6.18 Å². The van der Waals surface area contributed by atoms with E-state index in [-0.39, 0.29) is 19.6 Å². The molecule has 5 nitrogen and oxygen atoms in total. The van der Waals surface area contributed by atoms with Gasteiger partial charge in [0.1, 0.15) is 0 Å². The number of aromatic nitrogens is 2. The topological polar surface area (TPSA) is 67.3 Å². The Kier molecular flexibility index (Phi) is 5.61. The van der Waals surface area contributed by atoms with Crippen LogP contribution in [0, 0.1) is 0 Å². The Bertz CT molecular complexity index is 380. The number of aliphatic hydroxyl groups excluding tert-OH is 1. The van der Waals surface area contributed by atoms with Crippen molar-refractivity contribution in [2.75, 3.05) is 25.4 Å². The SMILES string of the molecule is CCCN(CC(O)Cn1cc(N)cn1)CC(F)(F)F. The van der Waals surface area contributed by atoms with Gasteiger partial charge in [-0.15, -0.1) is 0 Å². The van der Waals surface area contributed by atoms with E-state index in [9.17, 15) is 18.3 Å². The van der Waals surface area contributed by atoms with E-state index in [0.717, 1.165) is 0 Å². The lowest BCUT2D eigenvalue weighted by molar-refractivity contribution is -0.148. The van der Waals surface area contributed by atoms with Crippen LogP contribution in [0.1, 0.15) is 13.3 Å². The molecule has 1 aromatic rings. The molecule has 1 heterocycles. The van der Waals surface area contributed by atoms with Crippen molar-refractivity contribution in [3.63, 3.8) is 0 Å². The van der Waals surface area contributed by atoms with Crippen LogP contribution in [0.25, 0.3) is 0 Å². The van der Waals surface area contributed by atoms with Crippen LogP contribution in [0.3, 0.4) is 0 Å². The van der Waals surface area contributed by atoms with Crippen molar-refractivity contribution in [1.82, 2.24) is 14.7 Å². The lowest BCUT2D eigenvalue weighted by Crippen LogP contribution is -2.41. The summed E-state index contributed by atoms with van der Waals surface area (Å²) < 4.78 is 38.5. The van der Waals surface area contributed by atoms with E-state index < -0.39 is 18.8 Å². The monoisotopic (exact) mass is 280 g/mol. The molecule has 1 atom stereocenters. The summed E-state index contributed by atoms with van der Waals surface area (Å²) in [4.78, 5) is 1.19. The van der Waals surface area contributed by atoms with Crippen LogP contribution in [0.15, 0.2) is 12.4 Å². The molecule has 0 fully saturated rings. The molecule has 0 radical (unpaired) electrons. The van der Waals surface area contributed by atoms with Crippen LogP contribution in [0.4, 0.5) is 18.9 Å². The van der Waals surface area contributed by atoms with Crippen molar-refractivity contribution >= 4 is 5.69 Å². The Morgan fingerprint density at radius 1 is 1.53 bits per heavy atom. The summed E-state index contributed by atoms with van der Waals surface area (Å²) in [6.45, 7) is 1.14. The van der Waals surface area contributed by atoms with Crippen LogP contribution < -0.4 is 5.73 Å². The van der Waals surface area contributed by atoms with E-state index in [4.69, 9.17) is 5.73 Å². The largest absolute Gasteiger partial charge is 0.401 e. The number of nitrogen functional groups attached to an aromatic ring is 1. The predicted octanol–water partition coefficient (Wildman–Crippen LogP) is 1.10. The molecule has 1 rings (SSSR count).